The van der Waals surface area contributed by atoms with E-state index in [1.54, 1.807) is 6.07 Å². The van der Waals surface area contributed by atoms with Crippen molar-refractivity contribution in [2.24, 2.45) is 0 Å². The van der Waals surface area contributed by atoms with Crippen molar-refractivity contribution in [3.63, 3.8) is 0 Å². The van der Waals surface area contributed by atoms with Crippen LogP contribution in [0.25, 0.3) is 0 Å². The first-order chi connectivity index (χ1) is 25.8. The maximum Gasteiger partial charge on any atom is 2.00 e. The smallest absolute Gasteiger partial charge is 0.872 e. The van der Waals surface area contributed by atoms with Crippen molar-refractivity contribution in [2.75, 3.05) is 0 Å². The number of ether oxygens (including phenoxy) is 2. The van der Waals surface area contributed by atoms with E-state index in [0.29, 0.717) is 17.2 Å². The Kier molecular flexibility index (Phi) is 22.3. The van der Waals surface area contributed by atoms with E-state index in [-0.39, 0.29) is 43.5 Å². The van der Waals surface area contributed by atoms with E-state index in [9.17, 15) is 31.6 Å². The number of hydrogen-bond acceptors (Lipinski definition) is 9. The van der Waals surface area contributed by atoms with Crippen molar-refractivity contribution in [1.82, 2.24) is 0 Å². The van der Waals surface area contributed by atoms with E-state index < -0.39 is 41.5 Å². The summed E-state index contributed by atoms with van der Waals surface area (Å²) in [6.45, 7) is 4.44. The molecule has 0 aromatic heterocycles. The van der Waals surface area contributed by atoms with E-state index in [0.717, 1.165) is 49.4 Å². The molecule has 0 amide bonds. The summed E-state index contributed by atoms with van der Waals surface area (Å²) < 4.78 is 75.5. The Hall–Kier alpha value is -2.84. The molecule has 4 rings (SSSR count). The van der Waals surface area contributed by atoms with Crippen LogP contribution in [0.2, 0.25) is 0 Å². The molecular weight excluding hydrogens is 769 g/mol. The predicted octanol–water partition coefficient (Wildman–Crippen LogP) is 10.1. The second kappa shape index (κ2) is 25.4. The van der Waals surface area contributed by atoms with Crippen molar-refractivity contribution in [3.8, 4) is 34.5 Å². The van der Waals surface area contributed by atoms with Gasteiger partial charge in [-0.3, -0.25) is 4.55 Å². The maximum atomic E-state index is 11.8. The Morgan fingerprint density at radius 1 is 0.545 bits per heavy atom. The van der Waals surface area contributed by atoms with Gasteiger partial charge in [-0.2, -0.15) is 8.42 Å². The summed E-state index contributed by atoms with van der Waals surface area (Å²) in [6.07, 6.45) is 19.6. The number of aryl methyl sites for hydroxylation is 2. The summed E-state index contributed by atoms with van der Waals surface area (Å²) in [5.41, 5.74) is 2.34. The fraction of sp³-hybridized carbons (Fsp3) is 0.429. The van der Waals surface area contributed by atoms with Crippen molar-refractivity contribution < 1.29 is 45.6 Å². The van der Waals surface area contributed by atoms with Crippen molar-refractivity contribution >= 4 is 58.0 Å². The molecule has 0 aliphatic rings. The number of benzene rings is 4. The van der Waals surface area contributed by atoms with Gasteiger partial charge in [-0.15, -0.1) is 0 Å². The van der Waals surface area contributed by atoms with Gasteiger partial charge in [0.2, 0.25) is 0 Å². The van der Waals surface area contributed by atoms with Gasteiger partial charge in [-0.05, 0) is 91.4 Å². The normalized spacial score (nSPS) is 11.3. The van der Waals surface area contributed by atoms with E-state index in [1.807, 2.05) is 36.4 Å². The van der Waals surface area contributed by atoms with Crippen LogP contribution in [0, 0.1) is 0 Å². The Labute approximate surface area is 357 Å². The summed E-state index contributed by atoms with van der Waals surface area (Å²) in [6, 6.07) is 22.4. The zero-order valence-electron chi connectivity index (χ0n) is 32.1. The molecule has 55 heavy (non-hydrogen) atoms. The summed E-state index contributed by atoms with van der Waals surface area (Å²) in [5, 5.41) is 21.5. The Balaban J connectivity index is 0.000000373. The van der Waals surface area contributed by atoms with Crippen LogP contribution in [-0.4, -0.2) is 68.8 Å². The molecule has 0 heterocycles. The molecule has 0 bridgehead atoms. The molecule has 0 saturated carbocycles. The van der Waals surface area contributed by atoms with Crippen molar-refractivity contribution in [2.45, 2.75) is 126 Å². The monoisotopic (exact) mass is 822 g/mol. The minimum atomic E-state index is -4.77. The third kappa shape index (κ3) is 18.8. The summed E-state index contributed by atoms with van der Waals surface area (Å²) in [7, 11) is -9.22. The molecule has 0 aliphatic heterocycles. The Morgan fingerprint density at radius 3 is 1.35 bits per heavy atom. The van der Waals surface area contributed by atoms with Crippen LogP contribution in [-0.2, 0) is 33.1 Å². The molecular formula is C42H54CaO10S2. The van der Waals surface area contributed by atoms with Gasteiger partial charge in [0.05, 0.1) is 0 Å². The number of phenols is 1. The SMILES string of the molecule is CCCCCCCCCc1cccc(Oc2ccc(S(=O)(=O)O)c(O)c2)c1.CCCCCCCCCc1cccc(Oc2ccc(S(=O)(=O)[O-])c([O-])c2)c1.[Ca+2]. The van der Waals surface area contributed by atoms with E-state index >= 15 is 0 Å². The molecule has 0 atom stereocenters. The van der Waals surface area contributed by atoms with Crippen LogP contribution in [0.4, 0.5) is 0 Å². The van der Waals surface area contributed by atoms with Gasteiger partial charge < -0.3 is 24.2 Å². The summed E-state index contributed by atoms with van der Waals surface area (Å²) >= 11 is 0. The Morgan fingerprint density at radius 2 is 0.945 bits per heavy atom. The topological polar surface area (TPSA) is 173 Å². The molecule has 13 heteroatoms. The predicted molar refractivity (Wildman–Crippen MR) is 214 cm³/mol. The minimum absolute atomic E-state index is 0. The van der Waals surface area contributed by atoms with Gasteiger partial charge in [0, 0.05) is 11.0 Å². The molecule has 0 radical (unpaired) electrons. The molecule has 0 spiro atoms. The maximum absolute atomic E-state index is 11.8. The average molecular weight is 823 g/mol. The minimum Gasteiger partial charge on any atom is -0.872 e. The second-order valence-electron chi connectivity index (χ2n) is 13.4. The number of unbranched alkanes of at least 4 members (excludes halogenated alkanes) is 12. The first kappa shape index (κ1) is 48.3. The van der Waals surface area contributed by atoms with Crippen LogP contribution in [0.3, 0.4) is 0 Å². The average Bonchev–Trinajstić information content (AvgIpc) is 3.10. The third-order valence-corrected chi connectivity index (χ3v) is 10.6. The number of rotatable bonds is 22. The fourth-order valence-corrected chi connectivity index (χ4v) is 7.01. The van der Waals surface area contributed by atoms with Crippen LogP contribution in [0.1, 0.15) is 115 Å². The quantitative estimate of drug-likeness (QED) is 0.0441. The van der Waals surface area contributed by atoms with E-state index in [1.165, 1.54) is 101 Å². The largest absolute Gasteiger partial charge is 2.00 e. The van der Waals surface area contributed by atoms with Gasteiger partial charge in [0.1, 0.15) is 43.8 Å². The van der Waals surface area contributed by atoms with Gasteiger partial charge in [-0.1, -0.05) is 121 Å². The number of aromatic hydroxyl groups is 1. The van der Waals surface area contributed by atoms with Gasteiger partial charge >= 0.3 is 37.7 Å². The zero-order valence-corrected chi connectivity index (χ0v) is 35.9. The molecule has 296 valence electrons. The fourth-order valence-electron chi connectivity index (χ4n) is 5.91. The van der Waals surface area contributed by atoms with Crippen molar-refractivity contribution in [1.29, 1.82) is 0 Å². The summed E-state index contributed by atoms with van der Waals surface area (Å²) in [4.78, 5) is -1.30. The second-order valence-corrected chi connectivity index (χ2v) is 16.1. The van der Waals surface area contributed by atoms with E-state index in [2.05, 4.69) is 19.9 Å². The van der Waals surface area contributed by atoms with Gasteiger partial charge in [0.25, 0.3) is 10.1 Å². The molecule has 4 aromatic carbocycles. The zero-order chi connectivity index (χ0) is 39.4. The first-order valence-electron chi connectivity index (χ1n) is 18.9. The molecule has 0 saturated heterocycles. The van der Waals surface area contributed by atoms with Crippen LogP contribution >= 0.6 is 0 Å². The first-order valence-corrected chi connectivity index (χ1v) is 21.8. The molecule has 0 fully saturated rings. The molecule has 0 aliphatic carbocycles. The summed E-state index contributed by atoms with van der Waals surface area (Å²) in [5.74, 6) is 0.298. The standard InChI is InChI=1S/2C21H28O5S.Ca/c2*1-2-3-4-5-6-7-8-10-17-11-9-12-18(15-17)26-19-13-14-21(20(22)16-19)27(23,24)25;/h2*9,11-16,22H,2-8,10H2,1H3,(H,23,24,25);/q;;+2/p-2. The van der Waals surface area contributed by atoms with E-state index in [4.69, 9.17) is 14.0 Å². The molecule has 10 nitrogen and oxygen atoms in total. The molecule has 2 N–H and O–H groups in total. The number of hydrogen-bond donors (Lipinski definition) is 2. The van der Waals surface area contributed by atoms with Crippen LogP contribution in [0.15, 0.2) is 94.7 Å². The van der Waals surface area contributed by atoms with Crippen LogP contribution < -0.4 is 14.6 Å². The number of phenolic OH excluding ortho intramolecular Hbond substituents is 1. The van der Waals surface area contributed by atoms with Gasteiger partial charge in [0.15, 0.2) is 0 Å². The molecule has 4 aromatic rings. The Bertz CT molecular complexity index is 1810. The third-order valence-electron chi connectivity index (χ3n) is 8.80. The molecule has 0 unspecified atom stereocenters. The van der Waals surface area contributed by atoms with Crippen LogP contribution in [0.5, 0.6) is 34.5 Å². The van der Waals surface area contributed by atoms with Crippen molar-refractivity contribution in [3.05, 3.63) is 96.1 Å². The van der Waals surface area contributed by atoms with Gasteiger partial charge in [-0.25, -0.2) is 8.42 Å².